The van der Waals surface area contributed by atoms with Crippen molar-refractivity contribution in [1.29, 1.82) is 0 Å². The Morgan fingerprint density at radius 3 is 2.65 bits per heavy atom. The van der Waals surface area contributed by atoms with Crippen LogP contribution in [-0.2, 0) is 0 Å². The van der Waals surface area contributed by atoms with Crippen LogP contribution in [0.25, 0.3) is 22.2 Å². The van der Waals surface area contributed by atoms with E-state index in [0.29, 0.717) is 17.5 Å². The molecule has 1 aliphatic rings. The summed E-state index contributed by atoms with van der Waals surface area (Å²) in [7, 11) is 0. The summed E-state index contributed by atoms with van der Waals surface area (Å²) in [6, 6.07) is 5.69. The average molecular weight is 309 g/mol. The number of phenolic OH excluding ortho intramolecular Hbond substituents is 1. The quantitative estimate of drug-likeness (QED) is 0.498. The number of benzene rings is 1. The summed E-state index contributed by atoms with van der Waals surface area (Å²) in [5, 5.41) is 10.8. The van der Waals surface area contributed by atoms with Crippen LogP contribution in [0.15, 0.2) is 30.7 Å². The molecule has 0 bridgehead atoms. The molecule has 1 saturated carbocycles. The number of hydrogen-bond acceptors (Lipinski definition) is 5. The summed E-state index contributed by atoms with van der Waals surface area (Å²) in [5.41, 5.74) is 14.8. The van der Waals surface area contributed by atoms with Gasteiger partial charge in [-0.15, -0.1) is 0 Å². The van der Waals surface area contributed by atoms with Crippen molar-refractivity contribution in [1.82, 2.24) is 14.5 Å². The van der Waals surface area contributed by atoms with Crippen molar-refractivity contribution < 1.29 is 5.11 Å². The fraction of sp³-hybridized carbons (Fsp3) is 0.294. The highest BCUT2D eigenvalue weighted by Gasteiger charge is 2.23. The molecule has 0 amide bonds. The van der Waals surface area contributed by atoms with E-state index in [2.05, 4.69) is 20.7 Å². The molecule has 3 aromatic rings. The maximum atomic E-state index is 9.93. The number of fused-ring (bicyclic) bond motifs is 1. The van der Waals surface area contributed by atoms with Gasteiger partial charge in [0, 0.05) is 17.8 Å². The molecule has 0 unspecified atom stereocenters. The minimum Gasteiger partial charge on any atom is -0.506 e. The van der Waals surface area contributed by atoms with Gasteiger partial charge in [0.25, 0.3) is 0 Å². The van der Waals surface area contributed by atoms with Gasteiger partial charge >= 0.3 is 0 Å². The fourth-order valence-corrected chi connectivity index (χ4v) is 3.50. The van der Waals surface area contributed by atoms with Crippen molar-refractivity contribution in [3.05, 3.63) is 30.7 Å². The minimum absolute atomic E-state index is 0.0692. The predicted molar refractivity (Wildman–Crippen MR) is 91.0 cm³/mol. The van der Waals surface area contributed by atoms with Gasteiger partial charge in [-0.1, -0.05) is 18.9 Å². The molecule has 1 fully saturated rings. The zero-order valence-corrected chi connectivity index (χ0v) is 12.7. The largest absolute Gasteiger partial charge is 0.506 e. The van der Waals surface area contributed by atoms with Crippen LogP contribution in [0.4, 0.5) is 11.5 Å². The first kappa shape index (κ1) is 13.9. The van der Waals surface area contributed by atoms with Crippen LogP contribution in [-0.4, -0.2) is 19.6 Å². The third-order valence-corrected chi connectivity index (χ3v) is 4.70. The second-order valence-electron chi connectivity index (χ2n) is 6.12. The van der Waals surface area contributed by atoms with Crippen molar-refractivity contribution in [2.45, 2.75) is 31.7 Å². The monoisotopic (exact) mass is 309 g/mol. The number of nitrogens with two attached hydrogens (primary N) is 2. The number of nitrogens with zero attached hydrogens (tertiary/aromatic N) is 3. The topological polar surface area (TPSA) is 103 Å². The van der Waals surface area contributed by atoms with Crippen LogP contribution in [0.2, 0.25) is 0 Å². The molecule has 6 heteroatoms. The molecule has 0 saturated heterocycles. The molecule has 2 heterocycles. The lowest BCUT2D eigenvalue weighted by molar-refractivity contribution is 0.478. The molecule has 0 atom stereocenters. The molecule has 4 rings (SSSR count). The minimum atomic E-state index is 0.0692. The van der Waals surface area contributed by atoms with Gasteiger partial charge in [-0.05, 0) is 30.5 Å². The first-order chi connectivity index (χ1) is 11.1. The summed E-state index contributed by atoms with van der Waals surface area (Å²) in [5.74, 6) is 0.526. The van der Waals surface area contributed by atoms with Gasteiger partial charge < -0.3 is 21.1 Å². The van der Waals surface area contributed by atoms with Gasteiger partial charge in [-0.25, -0.2) is 9.97 Å². The third-order valence-electron chi connectivity index (χ3n) is 4.70. The maximum Gasteiger partial charge on any atom is 0.146 e. The zero-order valence-electron chi connectivity index (χ0n) is 12.7. The molecule has 1 aromatic carbocycles. The Balaban J connectivity index is 1.97. The summed E-state index contributed by atoms with van der Waals surface area (Å²) >= 11 is 0. The van der Waals surface area contributed by atoms with Gasteiger partial charge in [0.1, 0.15) is 23.5 Å². The summed E-state index contributed by atoms with van der Waals surface area (Å²) in [6.45, 7) is 0. The molecule has 0 radical (unpaired) electrons. The average Bonchev–Trinajstić information content (AvgIpc) is 3.17. The number of aromatic nitrogens is 3. The third kappa shape index (κ3) is 2.18. The van der Waals surface area contributed by atoms with E-state index in [4.69, 9.17) is 11.5 Å². The van der Waals surface area contributed by atoms with Crippen LogP contribution in [0.1, 0.15) is 31.7 Å². The summed E-state index contributed by atoms with van der Waals surface area (Å²) in [4.78, 5) is 8.60. The van der Waals surface area contributed by atoms with Gasteiger partial charge in [-0.2, -0.15) is 0 Å². The molecule has 6 nitrogen and oxygen atoms in total. The van der Waals surface area contributed by atoms with Crippen molar-refractivity contribution in [2.75, 3.05) is 11.5 Å². The Bertz CT molecular complexity index is 880. The smallest absolute Gasteiger partial charge is 0.146 e. The first-order valence-corrected chi connectivity index (χ1v) is 7.85. The highest BCUT2D eigenvalue weighted by molar-refractivity contribution is 6.01. The Kier molecular flexibility index (Phi) is 3.11. The molecule has 118 valence electrons. The normalized spacial score (nSPS) is 15.5. The van der Waals surface area contributed by atoms with Crippen LogP contribution >= 0.6 is 0 Å². The maximum absolute atomic E-state index is 9.93. The number of nitrogen functional groups attached to an aromatic ring is 2. The number of aromatic hydroxyl groups is 1. The predicted octanol–water partition coefficient (Wildman–Crippen LogP) is 3.08. The highest BCUT2D eigenvalue weighted by Crippen LogP contribution is 2.39. The molecule has 5 N–H and O–H groups in total. The SMILES string of the molecule is Nc1ccc(-c2cn(C3CCCC3)c3ncnc(N)c23)cc1O. The van der Waals surface area contributed by atoms with Gasteiger partial charge in [-0.3, -0.25) is 0 Å². The van der Waals surface area contributed by atoms with Gasteiger partial charge in [0.15, 0.2) is 0 Å². The van der Waals surface area contributed by atoms with Crippen LogP contribution in [0.5, 0.6) is 5.75 Å². The number of hydrogen-bond donors (Lipinski definition) is 3. The molecular formula is C17H19N5O. The van der Waals surface area contributed by atoms with Crippen molar-refractivity contribution in [3.8, 4) is 16.9 Å². The second kappa shape index (κ2) is 5.15. The Hall–Kier alpha value is -2.76. The van der Waals surface area contributed by atoms with Gasteiger partial charge in [0.2, 0.25) is 0 Å². The number of phenols is 1. The Morgan fingerprint density at radius 1 is 1.13 bits per heavy atom. The highest BCUT2D eigenvalue weighted by atomic mass is 16.3. The first-order valence-electron chi connectivity index (χ1n) is 7.85. The number of anilines is 2. The van der Waals surface area contributed by atoms with E-state index in [1.807, 2.05) is 6.07 Å². The van der Waals surface area contributed by atoms with E-state index >= 15 is 0 Å². The van der Waals surface area contributed by atoms with Crippen LogP contribution in [0.3, 0.4) is 0 Å². The van der Waals surface area contributed by atoms with E-state index in [9.17, 15) is 5.11 Å². The van der Waals surface area contributed by atoms with Crippen LogP contribution in [0, 0.1) is 0 Å². The fourth-order valence-electron chi connectivity index (χ4n) is 3.50. The Labute approximate surface area is 133 Å². The number of rotatable bonds is 2. The summed E-state index contributed by atoms with van der Waals surface area (Å²) in [6.07, 6.45) is 8.37. The standard InChI is InChI=1S/C17H19N5O/c18-13-6-5-10(7-14(13)23)12-8-22(11-3-1-2-4-11)17-15(12)16(19)20-9-21-17/h5-9,11,23H,1-4,18H2,(H2,19,20,21). The second-order valence-corrected chi connectivity index (χ2v) is 6.12. The van der Waals surface area contributed by atoms with E-state index < -0.39 is 0 Å². The van der Waals surface area contributed by atoms with Crippen LogP contribution < -0.4 is 11.5 Å². The lowest BCUT2D eigenvalue weighted by Crippen LogP contribution is -2.04. The van der Waals surface area contributed by atoms with Crippen molar-refractivity contribution >= 4 is 22.5 Å². The van der Waals surface area contributed by atoms with Crippen molar-refractivity contribution in [3.63, 3.8) is 0 Å². The molecule has 2 aromatic heterocycles. The molecule has 23 heavy (non-hydrogen) atoms. The summed E-state index contributed by atoms with van der Waals surface area (Å²) < 4.78 is 2.21. The van der Waals surface area contributed by atoms with E-state index in [0.717, 1.165) is 35.0 Å². The zero-order chi connectivity index (χ0) is 16.0. The van der Waals surface area contributed by atoms with E-state index in [1.165, 1.54) is 19.2 Å². The lowest BCUT2D eigenvalue weighted by atomic mass is 10.1. The van der Waals surface area contributed by atoms with Gasteiger partial charge in [0.05, 0.1) is 11.1 Å². The van der Waals surface area contributed by atoms with E-state index in [-0.39, 0.29) is 5.75 Å². The molecular weight excluding hydrogens is 290 g/mol. The lowest BCUT2D eigenvalue weighted by Gasteiger charge is -2.12. The molecule has 0 aliphatic heterocycles. The van der Waals surface area contributed by atoms with E-state index in [1.54, 1.807) is 12.1 Å². The molecule has 0 spiro atoms. The van der Waals surface area contributed by atoms with Crippen molar-refractivity contribution in [2.24, 2.45) is 0 Å². The Morgan fingerprint density at radius 2 is 1.91 bits per heavy atom. The molecule has 1 aliphatic carbocycles.